The van der Waals surface area contributed by atoms with Gasteiger partial charge in [-0.05, 0) is 37.6 Å². The first-order valence-corrected chi connectivity index (χ1v) is 11.3. The lowest BCUT2D eigenvalue weighted by atomic mass is 10.1. The first-order chi connectivity index (χ1) is 14.2. The zero-order valence-electron chi connectivity index (χ0n) is 17.3. The topological polar surface area (TPSA) is 105 Å². The highest BCUT2D eigenvalue weighted by Crippen LogP contribution is 2.19. The molecule has 8 nitrogen and oxygen atoms in total. The summed E-state index contributed by atoms with van der Waals surface area (Å²) in [5.74, 6) is -0.888. The van der Waals surface area contributed by atoms with Crippen LogP contribution in [0, 0.1) is 6.92 Å². The Bertz CT molecular complexity index is 974. The number of methoxy groups -OCH3 is 1. The Balaban J connectivity index is 2.13. The second kappa shape index (κ2) is 10.7. The average Bonchev–Trinajstić information content (AvgIpc) is 2.70. The van der Waals surface area contributed by atoms with Crippen molar-refractivity contribution >= 4 is 33.2 Å². The van der Waals surface area contributed by atoms with E-state index in [9.17, 15) is 18.0 Å². The van der Waals surface area contributed by atoms with Gasteiger partial charge >= 0.3 is 0 Å². The molecule has 0 heterocycles. The summed E-state index contributed by atoms with van der Waals surface area (Å²) in [6.07, 6.45) is 1.71. The lowest BCUT2D eigenvalue weighted by Crippen LogP contribution is -2.37. The van der Waals surface area contributed by atoms with E-state index in [4.69, 9.17) is 4.74 Å². The Labute approximate surface area is 177 Å². The maximum Gasteiger partial charge on any atom is 0.253 e. The van der Waals surface area contributed by atoms with Crippen molar-refractivity contribution in [3.63, 3.8) is 0 Å². The monoisotopic (exact) mass is 433 g/mol. The predicted molar refractivity (Wildman–Crippen MR) is 117 cm³/mol. The van der Waals surface area contributed by atoms with Crippen LogP contribution in [-0.4, -0.2) is 53.3 Å². The van der Waals surface area contributed by atoms with Crippen LogP contribution in [-0.2, 0) is 19.6 Å². The van der Waals surface area contributed by atoms with Crippen LogP contribution >= 0.6 is 0 Å². The number of amides is 2. The minimum absolute atomic E-state index is 0.296. The number of para-hydroxylation sites is 1. The number of carbonyl (C=O) groups excluding carboxylic acids is 2. The smallest absolute Gasteiger partial charge is 0.253 e. The minimum Gasteiger partial charge on any atom is -0.385 e. The van der Waals surface area contributed by atoms with Crippen LogP contribution in [0.15, 0.2) is 48.5 Å². The van der Waals surface area contributed by atoms with E-state index in [1.54, 1.807) is 55.6 Å². The van der Waals surface area contributed by atoms with Crippen molar-refractivity contribution < 1.29 is 22.7 Å². The Morgan fingerprint density at radius 2 is 1.73 bits per heavy atom. The van der Waals surface area contributed by atoms with E-state index >= 15 is 0 Å². The molecule has 0 bridgehead atoms. The maximum absolute atomic E-state index is 12.6. The molecule has 2 rings (SSSR count). The van der Waals surface area contributed by atoms with Gasteiger partial charge in [0.15, 0.2) is 0 Å². The minimum atomic E-state index is -3.68. The number of carbonyl (C=O) groups is 2. The number of hydrogen-bond acceptors (Lipinski definition) is 5. The van der Waals surface area contributed by atoms with Gasteiger partial charge in [-0.25, -0.2) is 8.42 Å². The second-order valence-corrected chi connectivity index (χ2v) is 8.71. The molecule has 0 saturated carbocycles. The highest BCUT2D eigenvalue weighted by Gasteiger charge is 2.22. The molecule has 2 aromatic carbocycles. The molecular weight excluding hydrogens is 406 g/mol. The quantitative estimate of drug-likeness (QED) is 0.559. The van der Waals surface area contributed by atoms with Crippen LogP contribution < -0.4 is 14.9 Å². The van der Waals surface area contributed by atoms with Gasteiger partial charge in [0.1, 0.15) is 6.54 Å². The summed E-state index contributed by atoms with van der Waals surface area (Å²) in [4.78, 5) is 25.1. The van der Waals surface area contributed by atoms with Crippen molar-refractivity contribution in [3.8, 4) is 0 Å². The number of ether oxygens (including phenoxy) is 1. The van der Waals surface area contributed by atoms with Crippen molar-refractivity contribution in [3.05, 3.63) is 59.7 Å². The van der Waals surface area contributed by atoms with Gasteiger partial charge < -0.3 is 15.4 Å². The highest BCUT2D eigenvalue weighted by molar-refractivity contribution is 7.92. The Morgan fingerprint density at radius 3 is 2.37 bits per heavy atom. The normalized spacial score (nSPS) is 11.0. The first-order valence-electron chi connectivity index (χ1n) is 9.42. The number of aryl methyl sites for hydroxylation is 1. The van der Waals surface area contributed by atoms with Crippen molar-refractivity contribution in [2.24, 2.45) is 0 Å². The van der Waals surface area contributed by atoms with Crippen LogP contribution in [0.25, 0.3) is 0 Å². The molecule has 0 aromatic heterocycles. The van der Waals surface area contributed by atoms with Crippen molar-refractivity contribution in [2.75, 3.05) is 42.7 Å². The molecule has 0 atom stereocenters. The summed E-state index contributed by atoms with van der Waals surface area (Å²) in [5, 5.41) is 5.41. The summed E-state index contributed by atoms with van der Waals surface area (Å²) >= 11 is 0. The summed E-state index contributed by atoms with van der Waals surface area (Å²) in [6.45, 7) is 2.44. The third kappa shape index (κ3) is 6.85. The number of rotatable bonds is 10. The lowest BCUT2D eigenvalue weighted by molar-refractivity contribution is -0.114. The van der Waals surface area contributed by atoms with Crippen molar-refractivity contribution in [2.45, 2.75) is 13.3 Å². The standard InChI is InChI=1S/C21H27N3O5S/c1-16-9-11-17(12-10-16)24(30(3,27)28)15-20(25)23-19-8-5-4-7-18(19)21(26)22-13-6-14-29-2/h4-5,7-12H,6,13-15H2,1-3H3,(H,22,26)(H,23,25). The van der Waals surface area contributed by atoms with E-state index in [-0.39, 0.29) is 5.91 Å². The zero-order valence-corrected chi connectivity index (χ0v) is 18.2. The number of benzene rings is 2. The number of nitrogens with zero attached hydrogens (tertiary/aromatic N) is 1. The van der Waals surface area contributed by atoms with Crippen LogP contribution in [0.4, 0.5) is 11.4 Å². The summed E-state index contributed by atoms with van der Waals surface area (Å²) in [6, 6.07) is 13.4. The fourth-order valence-electron chi connectivity index (χ4n) is 2.73. The summed E-state index contributed by atoms with van der Waals surface area (Å²) in [5.41, 5.74) is 1.97. The van der Waals surface area contributed by atoms with E-state index in [1.807, 2.05) is 6.92 Å². The molecule has 2 N–H and O–H groups in total. The third-order valence-electron chi connectivity index (χ3n) is 4.27. The molecule has 0 aliphatic heterocycles. The molecule has 30 heavy (non-hydrogen) atoms. The van der Waals surface area contributed by atoms with Gasteiger partial charge in [0.05, 0.1) is 23.2 Å². The number of anilines is 2. The van der Waals surface area contributed by atoms with Gasteiger partial charge in [-0.2, -0.15) is 0 Å². The number of sulfonamides is 1. The van der Waals surface area contributed by atoms with E-state index in [2.05, 4.69) is 10.6 Å². The van der Waals surface area contributed by atoms with Crippen molar-refractivity contribution in [1.82, 2.24) is 5.32 Å². The molecule has 0 fully saturated rings. The van der Waals surface area contributed by atoms with Crippen LogP contribution in [0.1, 0.15) is 22.3 Å². The summed E-state index contributed by atoms with van der Waals surface area (Å²) in [7, 11) is -2.09. The van der Waals surface area contributed by atoms with Gasteiger partial charge in [-0.1, -0.05) is 29.8 Å². The van der Waals surface area contributed by atoms with Crippen molar-refractivity contribution in [1.29, 1.82) is 0 Å². The van der Waals surface area contributed by atoms with Gasteiger partial charge in [-0.3, -0.25) is 13.9 Å². The van der Waals surface area contributed by atoms with Crippen LogP contribution in [0.2, 0.25) is 0 Å². The average molecular weight is 434 g/mol. The summed E-state index contributed by atoms with van der Waals surface area (Å²) < 4.78 is 30.4. The Kier molecular flexibility index (Phi) is 8.37. The molecule has 0 aliphatic rings. The molecule has 162 valence electrons. The largest absolute Gasteiger partial charge is 0.385 e. The fourth-order valence-corrected chi connectivity index (χ4v) is 3.59. The third-order valence-corrected chi connectivity index (χ3v) is 5.41. The molecule has 2 aromatic rings. The van der Waals surface area contributed by atoms with Gasteiger partial charge in [-0.15, -0.1) is 0 Å². The SMILES string of the molecule is COCCCNC(=O)c1ccccc1NC(=O)CN(c1ccc(C)cc1)S(C)(=O)=O. The molecule has 9 heteroatoms. The zero-order chi connectivity index (χ0) is 22.1. The maximum atomic E-state index is 12.6. The van der Waals surface area contributed by atoms with Crippen LogP contribution in [0.5, 0.6) is 0 Å². The van der Waals surface area contributed by atoms with Gasteiger partial charge in [0, 0.05) is 20.3 Å². The Morgan fingerprint density at radius 1 is 1.07 bits per heavy atom. The molecule has 0 saturated heterocycles. The molecule has 0 unspecified atom stereocenters. The van der Waals surface area contributed by atoms with E-state index in [0.29, 0.717) is 36.5 Å². The van der Waals surface area contributed by atoms with Crippen LogP contribution in [0.3, 0.4) is 0 Å². The molecular formula is C21H27N3O5S. The van der Waals surface area contributed by atoms with E-state index in [1.165, 1.54) is 0 Å². The molecule has 2 amide bonds. The predicted octanol–water partition coefficient (Wildman–Crippen LogP) is 2.17. The van der Waals surface area contributed by atoms with Gasteiger partial charge in [0.25, 0.3) is 5.91 Å². The number of hydrogen-bond donors (Lipinski definition) is 2. The van der Waals surface area contributed by atoms with Gasteiger partial charge in [0.2, 0.25) is 15.9 Å². The lowest BCUT2D eigenvalue weighted by Gasteiger charge is -2.22. The number of nitrogens with one attached hydrogen (secondary N) is 2. The first kappa shape index (κ1) is 23.4. The van der Waals surface area contributed by atoms with E-state index in [0.717, 1.165) is 16.1 Å². The molecule has 0 spiro atoms. The Hall–Kier alpha value is -2.91. The molecule has 0 radical (unpaired) electrons. The second-order valence-electron chi connectivity index (χ2n) is 6.80. The highest BCUT2D eigenvalue weighted by atomic mass is 32.2. The fraction of sp³-hybridized carbons (Fsp3) is 0.333. The molecule has 0 aliphatic carbocycles. The van der Waals surface area contributed by atoms with E-state index < -0.39 is 22.5 Å².